The molecule has 0 fully saturated rings. The molecule has 0 aliphatic carbocycles. The molecule has 25 heavy (non-hydrogen) atoms. The highest BCUT2D eigenvalue weighted by Gasteiger charge is 2.09. The molecule has 0 saturated carbocycles. The first-order valence-corrected chi connectivity index (χ1v) is 7.55. The standard InChI is InChI=1S/C18H16N2O5/c1-11-7-15(22)17(9-20(11)2)25-10-18(23)19-12-3-4-16-13(8-12)14(21)5-6-24-16/h3-9H,10H2,1-2H3,(H,19,23). The summed E-state index contributed by atoms with van der Waals surface area (Å²) in [6, 6.07) is 7.50. The Morgan fingerprint density at radius 3 is 2.80 bits per heavy atom. The van der Waals surface area contributed by atoms with Gasteiger partial charge in [-0.2, -0.15) is 0 Å². The van der Waals surface area contributed by atoms with Crippen molar-refractivity contribution in [1.82, 2.24) is 4.57 Å². The maximum absolute atomic E-state index is 12.0. The molecule has 1 amide bonds. The number of fused-ring (bicyclic) bond motifs is 1. The van der Waals surface area contributed by atoms with E-state index in [1.165, 1.54) is 30.7 Å². The summed E-state index contributed by atoms with van der Waals surface area (Å²) in [4.78, 5) is 35.6. The Bertz CT molecular complexity index is 1060. The van der Waals surface area contributed by atoms with Crippen molar-refractivity contribution in [3.8, 4) is 5.75 Å². The normalized spacial score (nSPS) is 10.6. The van der Waals surface area contributed by atoms with Crippen LogP contribution in [0, 0.1) is 6.92 Å². The van der Waals surface area contributed by atoms with E-state index in [-0.39, 0.29) is 23.2 Å². The highest BCUT2D eigenvalue weighted by atomic mass is 16.5. The minimum Gasteiger partial charge on any atom is -0.478 e. The van der Waals surface area contributed by atoms with Crippen molar-refractivity contribution in [2.24, 2.45) is 7.05 Å². The van der Waals surface area contributed by atoms with Crippen LogP contribution >= 0.6 is 0 Å². The Labute approximate surface area is 142 Å². The number of rotatable bonds is 4. The number of nitrogens with zero attached hydrogens (tertiary/aromatic N) is 1. The molecule has 3 rings (SSSR count). The monoisotopic (exact) mass is 340 g/mol. The topological polar surface area (TPSA) is 90.5 Å². The van der Waals surface area contributed by atoms with E-state index in [2.05, 4.69) is 5.32 Å². The molecule has 3 aromatic rings. The summed E-state index contributed by atoms with van der Waals surface area (Å²) in [5, 5.41) is 2.99. The number of carbonyl (C=O) groups excluding carboxylic acids is 1. The first-order valence-electron chi connectivity index (χ1n) is 7.55. The van der Waals surface area contributed by atoms with Gasteiger partial charge in [-0.25, -0.2) is 0 Å². The van der Waals surface area contributed by atoms with Gasteiger partial charge in [0.25, 0.3) is 5.91 Å². The van der Waals surface area contributed by atoms with E-state index in [4.69, 9.17) is 9.15 Å². The van der Waals surface area contributed by atoms with Crippen molar-refractivity contribution in [3.05, 3.63) is 68.9 Å². The van der Waals surface area contributed by atoms with Crippen molar-refractivity contribution < 1.29 is 13.9 Å². The van der Waals surface area contributed by atoms with E-state index in [1.54, 1.807) is 30.7 Å². The number of nitrogens with one attached hydrogen (secondary N) is 1. The average Bonchev–Trinajstić information content (AvgIpc) is 2.58. The highest BCUT2D eigenvalue weighted by molar-refractivity contribution is 5.94. The maximum atomic E-state index is 12.0. The van der Waals surface area contributed by atoms with E-state index >= 15 is 0 Å². The fourth-order valence-electron chi connectivity index (χ4n) is 2.31. The van der Waals surface area contributed by atoms with E-state index in [1.807, 2.05) is 0 Å². The van der Waals surface area contributed by atoms with E-state index in [0.29, 0.717) is 16.7 Å². The molecular formula is C18H16N2O5. The lowest BCUT2D eigenvalue weighted by molar-refractivity contribution is -0.118. The number of amides is 1. The van der Waals surface area contributed by atoms with Crippen molar-refractivity contribution >= 4 is 22.6 Å². The van der Waals surface area contributed by atoms with Crippen LogP contribution in [-0.2, 0) is 11.8 Å². The van der Waals surface area contributed by atoms with E-state index in [0.717, 1.165) is 5.69 Å². The lowest BCUT2D eigenvalue weighted by Gasteiger charge is -2.10. The van der Waals surface area contributed by atoms with Crippen molar-refractivity contribution in [2.75, 3.05) is 11.9 Å². The van der Waals surface area contributed by atoms with Gasteiger partial charge in [0.1, 0.15) is 5.58 Å². The third kappa shape index (κ3) is 3.60. The quantitative estimate of drug-likeness (QED) is 0.782. The first-order chi connectivity index (χ1) is 11.9. The van der Waals surface area contributed by atoms with Crippen molar-refractivity contribution in [3.63, 3.8) is 0 Å². The summed E-state index contributed by atoms with van der Waals surface area (Å²) in [7, 11) is 1.78. The summed E-state index contributed by atoms with van der Waals surface area (Å²) in [6.45, 7) is 1.48. The number of pyridine rings is 1. The fourth-order valence-corrected chi connectivity index (χ4v) is 2.31. The molecule has 2 heterocycles. The molecule has 1 N–H and O–H groups in total. The Kier molecular flexibility index (Phi) is 4.38. The number of aromatic nitrogens is 1. The van der Waals surface area contributed by atoms with Crippen LogP contribution in [0.25, 0.3) is 11.0 Å². The minimum atomic E-state index is -0.442. The van der Waals surface area contributed by atoms with Gasteiger partial charge in [0.05, 0.1) is 11.6 Å². The average molecular weight is 340 g/mol. The predicted molar refractivity (Wildman–Crippen MR) is 93.0 cm³/mol. The van der Waals surface area contributed by atoms with E-state index in [9.17, 15) is 14.4 Å². The molecule has 0 radical (unpaired) electrons. The van der Waals surface area contributed by atoms with Crippen LogP contribution in [0.2, 0.25) is 0 Å². The van der Waals surface area contributed by atoms with Crippen LogP contribution in [0.15, 0.2) is 56.8 Å². The van der Waals surface area contributed by atoms with Gasteiger partial charge in [-0.05, 0) is 25.1 Å². The minimum absolute atomic E-state index is 0.0994. The summed E-state index contributed by atoms with van der Waals surface area (Å²) < 4.78 is 12.2. The molecule has 0 spiro atoms. The van der Waals surface area contributed by atoms with Gasteiger partial charge in [-0.1, -0.05) is 0 Å². The van der Waals surface area contributed by atoms with Crippen LogP contribution in [0.1, 0.15) is 5.69 Å². The number of hydrogen-bond donors (Lipinski definition) is 1. The van der Waals surface area contributed by atoms with Gasteiger partial charge < -0.3 is 19.0 Å². The molecule has 0 bridgehead atoms. The molecule has 0 atom stereocenters. The number of ether oxygens (including phenoxy) is 1. The molecule has 1 aromatic carbocycles. The summed E-state index contributed by atoms with van der Waals surface area (Å²) in [5.74, 6) is -0.343. The zero-order chi connectivity index (χ0) is 18.0. The number of benzene rings is 1. The molecule has 7 heteroatoms. The third-order valence-electron chi connectivity index (χ3n) is 3.75. The summed E-state index contributed by atoms with van der Waals surface area (Å²) >= 11 is 0. The Balaban J connectivity index is 1.71. The molecular weight excluding hydrogens is 324 g/mol. The molecule has 0 unspecified atom stereocenters. The van der Waals surface area contributed by atoms with Gasteiger partial charge in [0.15, 0.2) is 17.8 Å². The Morgan fingerprint density at radius 2 is 2.00 bits per heavy atom. The molecule has 0 aliphatic rings. The third-order valence-corrected chi connectivity index (χ3v) is 3.75. The second-order valence-corrected chi connectivity index (χ2v) is 5.59. The zero-order valence-electron chi connectivity index (χ0n) is 13.7. The molecule has 0 saturated heterocycles. The van der Waals surface area contributed by atoms with Crippen molar-refractivity contribution in [2.45, 2.75) is 6.92 Å². The van der Waals surface area contributed by atoms with Crippen LogP contribution in [-0.4, -0.2) is 17.1 Å². The zero-order valence-corrected chi connectivity index (χ0v) is 13.7. The van der Waals surface area contributed by atoms with Gasteiger partial charge in [0, 0.05) is 36.8 Å². The molecule has 2 aromatic heterocycles. The van der Waals surface area contributed by atoms with E-state index < -0.39 is 5.91 Å². The van der Waals surface area contributed by atoms with Gasteiger partial charge in [-0.15, -0.1) is 0 Å². The Hall–Kier alpha value is -3.35. The van der Waals surface area contributed by atoms with Gasteiger partial charge >= 0.3 is 0 Å². The number of hydrogen-bond acceptors (Lipinski definition) is 5. The number of carbonyl (C=O) groups is 1. The van der Waals surface area contributed by atoms with Crippen LogP contribution < -0.4 is 20.9 Å². The SMILES string of the molecule is Cc1cc(=O)c(OCC(=O)Nc2ccc3occc(=O)c3c2)cn1C. The maximum Gasteiger partial charge on any atom is 0.262 e. The lowest BCUT2D eigenvalue weighted by atomic mass is 10.2. The predicted octanol–water partition coefficient (Wildman–Crippen LogP) is 1.82. The lowest BCUT2D eigenvalue weighted by Crippen LogP contribution is -2.22. The summed E-state index contributed by atoms with van der Waals surface area (Å²) in [6.07, 6.45) is 2.85. The number of aryl methyl sites for hydroxylation is 2. The summed E-state index contributed by atoms with van der Waals surface area (Å²) in [5.41, 5.74) is 1.18. The Morgan fingerprint density at radius 1 is 1.20 bits per heavy atom. The molecule has 128 valence electrons. The molecule has 0 aliphatic heterocycles. The van der Waals surface area contributed by atoms with Crippen molar-refractivity contribution in [1.29, 1.82) is 0 Å². The smallest absolute Gasteiger partial charge is 0.262 e. The number of anilines is 1. The first kappa shape index (κ1) is 16.5. The highest BCUT2D eigenvalue weighted by Crippen LogP contribution is 2.16. The largest absolute Gasteiger partial charge is 0.478 e. The fraction of sp³-hybridized carbons (Fsp3) is 0.167. The molecule has 7 nitrogen and oxygen atoms in total. The van der Waals surface area contributed by atoms with Crippen LogP contribution in [0.3, 0.4) is 0 Å². The second kappa shape index (κ2) is 6.64. The van der Waals surface area contributed by atoms with Gasteiger partial charge in [0.2, 0.25) is 5.43 Å². The van der Waals surface area contributed by atoms with Crippen LogP contribution in [0.5, 0.6) is 5.75 Å². The van der Waals surface area contributed by atoms with Crippen LogP contribution in [0.4, 0.5) is 5.69 Å². The van der Waals surface area contributed by atoms with Gasteiger partial charge in [-0.3, -0.25) is 14.4 Å². The second-order valence-electron chi connectivity index (χ2n) is 5.59.